The summed E-state index contributed by atoms with van der Waals surface area (Å²) in [5.41, 5.74) is 0.0661. The van der Waals surface area contributed by atoms with E-state index in [1.807, 2.05) is 0 Å². The molecule has 0 unspecified atom stereocenters. The van der Waals surface area contributed by atoms with Crippen LogP contribution in [0.5, 0.6) is 0 Å². The number of hydrogen-bond donors (Lipinski definition) is 1. The molecule has 27 heavy (non-hydrogen) atoms. The van der Waals surface area contributed by atoms with Gasteiger partial charge in [0.25, 0.3) is 5.91 Å². The molecule has 0 atom stereocenters. The smallest absolute Gasteiger partial charge is 0.338 e. The third kappa shape index (κ3) is 5.37. The van der Waals surface area contributed by atoms with Crippen molar-refractivity contribution in [3.8, 4) is 0 Å². The van der Waals surface area contributed by atoms with Crippen molar-refractivity contribution >= 4 is 39.5 Å². The Labute approximate surface area is 163 Å². The summed E-state index contributed by atoms with van der Waals surface area (Å²) in [6, 6.07) is 7.94. The number of nitrogens with one attached hydrogen (secondary N) is 1. The van der Waals surface area contributed by atoms with Gasteiger partial charge in [-0.3, -0.25) is 4.79 Å². The van der Waals surface area contributed by atoms with E-state index in [-0.39, 0.29) is 35.6 Å². The largest absolute Gasteiger partial charge is 0.462 e. The minimum atomic E-state index is -0.732. The lowest BCUT2D eigenvalue weighted by Gasteiger charge is -2.11. The maximum atomic E-state index is 13.9. The Morgan fingerprint density at radius 2 is 1.52 bits per heavy atom. The summed E-state index contributed by atoms with van der Waals surface area (Å²) < 4.78 is 24.3. The van der Waals surface area contributed by atoms with E-state index in [0.29, 0.717) is 4.47 Å². The molecule has 2 rings (SSSR count). The standard InChI is InChI=1S/C19H17BrFNO5/c1-3-26-18(24)11-7-12(19(25)27-4-2)9-14(8-11)22-17(23)15-10-13(20)5-6-16(15)21/h5-10H,3-4H2,1-2H3,(H,22,23). The monoisotopic (exact) mass is 437 g/mol. The van der Waals surface area contributed by atoms with Crippen LogP contribution in [0.25, 0.3) is 0 Å². The highest BCUT2D eigenvalue weighted by atomic mass is 79.9. The Kier molecular flexibility index (Phi) is 7.06. The first-order valence-corrected chi connectivity index (χ1v) is 8.90. The summed E-state index contributed by atoms with van der Waals surface area (Å²) in [4.78, 5) is 36.5. The molecule has 0 spiro atoms. The van der Waals surface area contributed by atoms with Gasteiger partial charge >= 0.3 is 11.9 Å². The first-order chi connectivity index (χ1) is 12.8. The van der Waals surface area contributed by atoms with E-state index in [1.54, 1.807) is 13.8 Å². The van der Waals surface area contributed by atoms with Gasteiger partial charge in [-0.1, -0.05) is 15.9 Å². The zero-order valence-corrected chi connectivity index (χ0v) is 16.3. The number of carbonyl (C=O) groups is 3. The molecule has 0 aliphatic carbocycles. The zero-order valence-electron chi connectivity index (χ0n) is 14.7. The average molecular weight is 438 g/mol. The van der Waals surface area contributed by atoms with Crippen molar-refractivity contribution in [2.24, 2.45) is 0 Å². The van der Waals surface area contributed by atoms with E-state index >= 15 is 0 Å². The molecule has 0 saturated carbocycles. The van der Waals surface area contributed by atoms with Crippen LogP contribution >= 0.6 is 15.9 Å². The van der Waals surface area contributed by atoms with E-state index in [9.17, 15) is 18.8 Å². The van der Waals surface area contributed by atoms with E-state index in [2.05, 4.69) is 21.2 Å². The van der Waals surface area contributed by atoms with Gasteiger partial charge in [0.15, 0.2) is 0 Å². The highest BCUT2D eigenvalue weighted by Gasteiger charge is 2.17. The Morgan fingerprint density at radius 3 is 2.04 bits per heavy atom. The van der Waals surface area contributed by atoms with Crippen LogP contribution in [0, 0.1) is 5.82 Å². The molecule has 1 amide bonds. The number of halogens is 2. The lowest BCUT2D eigenvalue weighted by atomic mass is 10.1. The highest BCUT2D eigenvalue weighted by molar-refractivity contribution is 9.10. The molecule has 0 aromatic heterocycles. The van der Waals surface area contributed by atoms with Gasteiger partial charge in [-0.05, 0) is 50.2 Å². The van der Waals surface area contributed by atoms with Crippen LogP contribution in [-0.4, -0.2) is 31.1 Å². The number of hydrogen-bond acceptors (Lipinski definition) is 5. The van der Waals surface area contributed by atoms with Crippen LogP contribution in [0.4, 0.5) is 10.1 Å². The summed E-state index contributed by atoms with van der Waals surface area (Å²) >= 11 is 3.18. The zero-order chi connectivity index (χ0) is 20.0. The van der Waals surface area contributed by atoms with E-state index in [0.717, 1.165) is 6.07 Å². The fourth-order valence-corrected chi connectivity index (χ4v) is 2.60. The lowest BCUT2D eigenvalue weighted by molar-refractivity contribution is 0.0525. The molecule has 0 radical (unpaired) electrons. The van der Waals surface area contributed by atoms with Crippen LogP contribution in [0.3, 0.4) is 0 Å². The summed E-state index contributed by atoms with van der Waals surface area (Å²) in [6.07, 6.45) is 0. The molecule has 0 aliphatic heterocycles. The maximum Gasteiger partial charge on any atom is 0.338 e. The third-order valence-electron chi connectivity index (χ3n) is 3.39. The molecule has 1 N–H and O–H groups in total. The van der Waals surface area contributed by atoms with Crippen molar-refractivity contribution in [1.82, 2.24) is 0 Å². The Morgan fingerprint density at radius 1 is 0.963 bits per heavy atom. The van der Waals surface area contributed by atoms with Crippen molar-refractivity contribution in [3.05, 3.63) is 63.4 Å². The molecule has 2 aromatic rings. The first-order valence-electron chi connectivity index (χ1n) is 8.11. The number of esters is 2. The highest BCUT2D eigenvalue weighted by Crippen LogP contribution is 2.20. The molecular weight excluding hydrogens is 421 g/mol. The molecule has 142 valence electrons. The van der Waals surface area contributed by atoms with Crippen molar-refractivity contribution in [2.45, 2.75) is 13.8 Å². The van der Waals surface area contributed by atoms with E-state index < -0.39 is 23.7 Å². The van der Waals surface area contributed by atoms with Crippen molar-refractivity contribution < 1.29 is 28.2 Å². The van der Waals surface area contributed by atoms with Crippen LogP contribution < -0.4 is 5.32 Å². The van der Waals surface area contributed by atoms with Crippen LogP contribution in [0.1, 0.15) is 44.9 Å². The van der Waals surface area contributed by atoms with Crippen LogP contribution in [0.15, 0.2) is 40.9 Å². The predicted molar refractivity (Wildman–Crippen MR) is 100 cm³/mol. The number of ether oxygens (including phenoxy) is 2. The molecule has 6 nitrogen and oxygen atoms in total. The first kappa shape index (κ1) is 20.6. The average Bonchev–Trinajstić information content (AvgIpc) is 2.63. The number of rotatable bonds is 6. The van der Waals surface area contributed by atoms with Gasteiger partial charge in [0, 0.05) is 10.2 Å². The second kappa shape index (κ2) is 9.27. The fraction of sp³-hybridized carbons (Fsp3) is 0.211. The number of carbonyl (C=O) groups excluding carboxylic acids is 3. The molecule has 0 heterocycles. The van der Waals surface area contributed by atoms with Gasteiger partial charge < -0.3 is 14.8 Å². The number of amides is 1. The van der Waals surface area contributed by atoms with Crippen molar-refractivity contribution in [3.63, 3.8) is 0 Å². The third-order valence-corrected chi connectivity index (χ3v) is 3.88. The molecular formula is C19H17BrFNO5. The normalized spacial score (nSPS) is 10.2. The summed E-state index contributed by atoms with van der Waals surface area (Å²) in [6.45, 7) is 3.58. The Hall–Kier alpha value is -2.74. The second-order valence-electron chi connectivity index (χ2n) is 5.32. The molecule has 0 bridgehead atoms. The quantitative estimate of drug-likeness (QED) is 0.684. The van der Waals surface area contributed by atoms with E-state index in [4.69, 9.17) is 9.47 Å². The number of anilines is 1. The minimum Gasteiger partial charge on any atom is -0.462 e. The molecule has 0 fully saturated rings. The maximum absolute atomic E-state index is 13.9. The van der Waals surface area contributed by atoms with Gasteiger partial charge in [-0.15, -0.1) is 0 Å². The summed E-state index contributed by atoms with van der Waals surface area (Å²) in [7, 11) is 0. The van der Waals surface area contributed by atoms with Crippen molar-refractivity contribution in [2.75, 3.05) is 18.5 Å². The van der Waals surface area contributed by atoms with Gasteiger partial charge in [-0.25, -0.2) is 14.0 Å². The summed E-state index contributed by atoms with van der Waals surface area (Å²) in [5.74, 6) is -2.76. The molecule has 2 aromatic carbocycles. The minimum absolute atomic E-state index is 0.0624. The van der Waals surface area contributed by atoms with Gasteiger partial charge in [0.05, 0.1) is 29.9 Å². The Balaban J connectivity index is 2.39. The SMILES string of the molecule is CCOC(=O)c1cc(NC(=O)c2cc(Br)ccc2F)cc(C(=O)OCC)c1. The number of benzene rings is 2. The molecule has 0 saturated heterocycles. The summed E-state index contributed by atoms with van der Waals surface area (Å²) in [5, 5.41) is 2.49. The van der Waals surface area contributed by atoms with Gasteiger partial charge in [0.1, 0.15) is 5.82 Å². The van der Waals surface area contributed by atoms with Gasteiger partial charge in [-0.2, -0.15) is 0 Å². The van der Waals surface area contributed by atoms with E-state index in [1.165, 1.54) is 30.3 Å². The van der Waals surface area contributed by atoms with Crippen LogP contribution in [-0.2, 0) is 9.47 Å². The lowest BCUT2D eigenvalue weighted by Crippen LogP contribution is -2.16. The Bertz CT molecular complexity index is 848. The molecule has 8 heteroatoms. The molecule has 0 aliphatic rings. The second-order valence-corrected chi connectivity index (χ2v) is 6.23. The topological polar surface area (TPSA) is 81.7 Å². The van der Waals surface area contributed by atoms with Gasteiger partial charge in [0.2, 0.25) is 0 Å². The fourth-order valence-electron chi connectivity index (χ4n) is 2.23. The predicted octanol–water partition coefficient (Wildman–Crippen LogP) is 4.19. The van der Waals surface area contributed by atoms with Crippen LogP contribution in [0.2, 0.25) is 0 Å². The van der Waals surface area contributed by atoms with Crippen molar-refractivity contribution in [1.29, 1.82) is 0 Å².